The van der Waals surface area contributed by atoms with Gasteiger partial charge in [0.15, 0.2) is 0 Å². The van der Waals surface area contributed by atoms with Gasteiger partial charge in [-0.2, -0.15) is 0 Å². The molecule has 0 radical (unpaired) electrons. The number of rotatable bonds is 2. The van der Waals surface area contributed by atoms with E-state index in [1.165, 1.54) is 0 Å². The Morgan fingerprint density at radius 1 is 0.625 bits per heavy atom. The first-order chi connectivity index (χ1) is 10.8. The molecule has 0 aromatic carbocycles. The Balaban J connectivity index is 0.000000240. The molecule has 2 fully saturated rings. The summed E-state index contributed by atoms with van der Waals surface area (Å²) < 4.78 is 0. The third-order valence-electron chi connectivity index (χ3n) is 5.97. The highest BCUT2D eigenvalue weighted by atomic mass is 16.3. The number of hydrogen-bond acceptors (Lipinski definition) is 4. The highest BCUT2D eigenvalue weighted by Gasteiger charge is 2.37. The fourth-order valence-corrected chi connectivity index (χ4v) is 4.35. The predicted molar refractivity (Wildman–Crippen MR) is 97.6 cm³/mol. The van der Waals surface area contributed by atoms with Gasteiger partial charge in [0.05, 0.1) is 23.4 Å². The minimum atomic E-state index is -0.723. The fraction of sp³-hybridized carbons (Fsp3) is 1.00. The molecule has 6 atom stereocenters. The summed E-state index contributed by atoms with van der Waals surface area (Å²) in [6, 6.07) is 0. The molecule has 2 rings (SSSR count). The van der Waals surface area contributed by atoms with Gasteiger partial charge >= 0.3 is 0 Å². The van der Waals surface area contributed by atoms with Crippen LogP contribution in [0.15, 0.2) is 0 Å². The smallest absolute Gasteiger partial charge is 0.0644 e. The average Bonchev–Trinajstić information content (AvgIpc) is 2.35. The molecule has 4 N–H and O–H groups in total. The van der Waals surface area contributed by atoms with Crippen LogP contribution in [0.2, 0.25) is 0 Å². The van der Waals surface area contributed by atoms with Crippen LogP contribution < -0.4 is 0 Å². The van der Waals surface area contributed by atoms with Gasteiger partial charge in [-0.3, -0.25) is 0 Å². The summed E-state index contributed by atoms with van der Waals surface area (Å²) in [6.45, 7) is 11.5. The maximum absolute atomic E-state index is 9.74. The van der Waals surface area contributed by atoms with Crippen molar-refractivity contribution in [2.75, 3.05) is 0 Å². The lowest BCUT2D eigenvalue weighted by Crippen LogP contribution is -2.42. The van der Waals surface area contributed by atoms with Crippen molar-refractivity contribution >= 4 is 0 Å². The number of aliphatic hydroxyl groups excluding tert-OH is 2. The molecule has 0 aromatic heterocycles. The Bertz CT molecular complexity index is 333. The van der Waals surface area contributed by atoms with Gasteiger partial charge in [-0.15, -0.1) is 0 Å². The summed E-state index contributed by atoms with van der Waals surface area (Å²) in [5.41, 5.74) is -1.45. The Hall–Kier alpha value is -0.160. The summed E-state index contributed by atoms with van der Waals surface area (Å²) in [5.74, 6) is 1.35. The zero-order chi connectivity index (χ0) is 18.7. The van der Waals surface area contributed by atoms with Gasteiger partial charge in [-0.25, -0.2) is 0 Å². The molecule has 0 aromatic rings. The molecule has 2 aliphatic carbocycles. The topological polar surface area (TPSA) is 80.9 Å². The van der Waals surface area contributed by atoms with Crippen molar-refractivity contribution in [2.24, 2.45) is 23.7 Å². The van der Waals surface area contributed by atoms with Crippen LogP contribution in [0.25, 0.3) is 0 Å². The standard InChI is InChI=1S/2C10H20O2/c2*1-7-4-5-8(9(11)6-7)10(2,3)12/h2*7-9,11-12H,4-6H2,1-3H3. The van der Waals surface area contributed by atoms with Gasteiger partial charge in [0, 0.05) is 11.8 Å². The first-order valence-corrected chi connectivity index (χ1v) is 9.63. The van der Waals surface area contributed by atoms with Crippen molar-refractivity contribution < 1.29 is 20.4 Å². The van der Waals surface area contributed by atoms with Gasteiger partial charge < -0.3 is 20.4 Å². The van der Waals surface area contributed by atoms with Crippen LogP contribution in [0.1, 0.15) is 80.1 Å². The molecule has 4 heteroatoms. The lowest BCUT2D eigenvalue weighted by molar-refractivity contribution is -0.0737. The van der Waals surface area contributed by atoms with E-state index >= 15 is 0 Å². The van der Waals surface area contributed by atoms with Crippen molar-refractivity contribution in [2.45, 2.75) is 103 Å². The molecule has 0 heterocycles. The van der Waals surface area contributed by atoms with E-state index in [2.05, 4.69) is 13.8 Å². The minimum absolute atomic E-state index is 0.0636. The van der Waals surface area contributed by atoms with E-state index in [1.807, 2.05) is 0 Å². The molecule has 4 nitrogen and oxygen atoms in total. The molecule has 2 saturated carbocycles. The van der Waals surface area contributed by atoms with Crippen LogP contribution in [0.3, 0.4) is 0 Å². The lowest BCUT2D eigenvalue weighted by atomic mass is 9.73. The molecule has 2 aliphatic rings. The maximum Gasteiger partial charge on any atom is 0.0644 e. The second kappa shape index (κ2) is 8.48. The van der Waals surface area contributed by atoms with E-state index in [9.17, 15) is 20.4 Å². The first-order valence-electron chi connectivity index (χ1n) is 9.63. The second-order valence-electron chi connectivity index (χ2n) is 9.49. The van der Waals surface area contributed by atoms with Crippen molar-refractivity contribution in [3.05, 3.63) is 0 Å². The third-order valence-corrected chi connectivity index (χ3v) is 5.97. The zero-order valence-electron chi connectivity index (χ0n) is 16.5. The van der Waals surface area contributed by atoms with E-state index in [4.69, 9.17) is 0 Å². The molecule has 6 unspecified atom stereocenters. The predicted octanol–water partition coefficient (Wildman–Crippen LogP) is 3.11. The van der Waals surface area contributed by atoms with Gasteiger partial charge in [-0.05, 0) is 65.2 Å². The summed E-state index contributed by atoms with van der Waals surface area (Å²) >= 11 is 0. The molecular weight excluding hydrogens is 304 g/mol. The minimum Gasteiger partial charge on any atom is -0.393 e. The van der Waals surface area contributed by atoms with Crippen LogP contribution in [-0.2, 0) is 0 Å². The van der Waals surface area contributed by atoms with E-state index in [-0.39, 0.29) is 24.0 Å². The monoisotopic (exact) mass is 344 g/mol. The third kappa shape index (κ3) is 6.62. The maximum atomic E-state index is 9.74. The molecule has 144 valence electrons. The average molecular weight is 345 g/mol. The molecular formula is C20H40O4. The van der Waals surface area contributed by atoms with Crippen LogP contribution >= 0.6 is 0 Å². The fourth-order valence-electron chi connectivity index (χ4n) is 4.35. The van der Waals surface area contributed by atoms with E-state index in [0.29, 0.717) is 11.8 Å². The molecule has 24 heavy (non-hydrogen) atoms. The number of aliphatic hydroxyl groups is 4. The van der Waals surface area contributed by atoms with Crippen molar-refractivity contribution in [1.29, 1.82) is 0 Å². The van der Waals surface area contributed by atoms with Gasteiger partial charge in [0.1, 0.15) is 0 Å². The van der Waals surface area contributed by atoms with Crippen LogP contribution in [0.4, 0.5) is 0 Å². The van der Waals surface area contributed by atoms with E-state index < -0.39 is 11.2 Å². The van der Waals surface area contributed by atoms with Crippen molar-refractivity contribution in [3.63, 3.8) is 0 Å². The first kappa shape index (κ1) is 21.9. The normalized spacial score (nSPS) is 38.2. The molecule has 0 saturated heterocycles. The van der Waals surface area contributed by atoms with E-state index in [0.717, 1.165) is 38.5 Å². The van der Waals surface area contributed by atoms with Crippen molar-refractivity contribution in [3.8, 4) is 0 Å². The van der Waals surface area contributed by atoms with Crippen LogP contribution in [-0.4, -0.2) is 43.8 Å². The Labute approximate surface area is 148 Å². The summed E-state index contributed by atoms with van der Waals surface area (Å²) in [7, 11) is 0. The van der Waals surface area contributed by atoms with Gasteiger partial charge in [0.25, 0.3) is 0 Å². The second-order valence-corrected chi connectivity index (χ2v) is 9.49. The lowest BCUT2D eigenvalue weighted by Gasteiger charge is -2.38. The summed E-state index contributed by atoms with van der Waals surface area (Å²) in [6.07, 6.45) is 5.22. The summed E-state index contributed by atoms with van der Waals surface area (Å²) in [4.78, 5) is 0. The molecule has 0 spiro atoms. The summed E-state index contributed by atoms with van der Waals surface area (Å²) in [5, 5.41) is 38.9. The Kier molecular flexibility index (Phi) is 7.73. The van der Waals surface area contributed by atoms with Gasteiger partial charge in [-0.1, -0.05) is 26.7 Å². The SMILES string of the molecule is CC1CCC(C(C)(C)O)C(O)C1.CC1CCC(C(C)(C)O)C(O)C1. The largest absolute Gasteiger partial charge is 0.393 e. The molecule has 0 amide bonds. The number of hydrogen-bond donors (Lipinski definition) is 4. The highest BCUT2D eigenvalue weighted by molar-refractivity contribution is 4.88. The molecule has 0 aliphatic heterocycles. The highest BCUT2D eigenvalue weighted by Crippen LogP contribution is 2.36. The Morgan fingerprint density at radius 3 is 1.12 bits per heavy atom. The molecule has 0 bridgehead atoms. The van der Waals surface area contributed by atoms with Crippen LogP contribution in [0.5, 0.6) is 0 Å². The van der Waals surface area contributed by atoms with Gasteiger partial charge in [0.2, 0.25) is 0 Å². The quantitative estimate of drug-likeness (QED) is 0.620. The van der Waals surface area contributed by atoms with E-state index in [1.54, 1.807) is 27.7 Å². The Morgan fingerprint density at radius 2 is 0.917 bits per heavy atom. The van der Waals surface area contributed by atoms with Crippen molar-refractivity contribution in [1.82, 2.24) is 0 Å². The zero-order valence-corrected chi connectivity index (χ0v) is 16.5. The van der Waals surface area contributed by atoms with Crippen LogP contribution in [0, 0.1) is 23.7 Å².